The van der Waals surface area contributed by atoms with Gasteiger partial charge in [0.1, 0.15) is 11.6 Å². The minimum absolute atomic E-state index is 0.0238. The number of anilines is 1. The summed E-state index contributed by atoms with van der Waals surface area (Å²) in [4.78, 5) is 0. The molecule has 1 unspecified atom stereocenters. The molecule has 88 valence electrons. The van der Waals surface area contributed by atoms with Gasteiger partial charge in [0, 0.05) is 12.5 Å². The Morgan fingerprint density at radius 1 is 1.50 bits per heavy atom. The lowest BCUT2D eigenvalue weighted by Gasteiger charge is -2.08. The second-order valence-electron chi connectivity index (χ2n) is 3.78. The Morgan fingerprint density at radius 2 is 2.12 bits per heavy atom. The van der Waals surface area contributed by atoms with Gasteiger partial charge in [-0.05, 0) is 6.07 Å². The Kier molecular flexibility index (Phi) is 2.66. The largest absolute Gasteiger partial charge is 0.491 e. The zero-order valence-corrected chi connectivity index (χ0v) is 8.90. The summed E-state index contributed by atoms with van der Waals surface area (Å²) in [6.07, 6.45) is -0.179. The number of hydrogen-bond acceptors (Lipinski definition) is 2. The smallest absolute Gasteiger partial charge is 0.255 e. The minimum Gasteiger partial charge on any atom is -0.491 e. The highest BCUT2D eigenvalue weighted by molar-refractivity contribution is 6.32. The van der Waals surface area contributed by atoms with Crippen LogP contribution in [0.5, 0.6) is 5.75 Å². The molecule has 0 radical (unpaired) electrons. The molecule has 0 aliphatic heterocycles. The first kappa shape index (κ1) is 11.4. The zero-order valence-electron chi connectivity index (χ0n) is 8.14. The van der Waals surface area contributed by atoms with Gasteiger partial charge in [-0.3, -0.25) is 0 Å². The number of hydrogen-bond donors (Lipinski definition) is 1. The third-order valence-electron chi connectivity index (χ3n) is 2.45. The highest BCUT2D eigenvalue weighted by Gasteiger charge is 2.57. The van der Waals surface area contributed by atoms with Crippen LogP contribution < -0.4 is 10.5 Å². The van der Waals surface area contributed by atoms with Crippen molar-refractivity contribution in [3.05, 3.63) is 23.0 Å². The third-order valence-corrected chi connectivity index (χ3v) is 2.74. The predicted octanol–water partition coefficient (Wildman–Crippen LogP) is 3.10. The van der Waals surface area contributed by atoms with Gasteiger partial charge >= 0.3 is 0 Å². The van der Waals surface area contributed by atoms with Gasteiger partial charge in [-0.15, -0.1) is 0 Å². The molecule has 0 saturated heterocycles. The lowest BCUT2D eigenvalue weighted by Crippen LogP contribution is -2.06. The number of rotatable bonds is 3. The zero-order chi connectivity index (χ0) is 11.9. The summed E-state index contributed by atoms with van der Waals surface area (Å²) in [5.41, 5.74) is 5.18. The van der Waals surface area contributed by atoms with Crippen LogP contribution in [-0.2, 0) is 0 Å². The summed E-state index contributed by atoms with van der Waals surface area (Å²) in [6, 6.07) is 2.19. The normalized spacial score (nSPS) is 21.9. The second-order valence-corrected chi connectivity index (χ2v) is 4.18. The molecule has 1 aromatic carbocycles. The van der Waals surface area contributed by atoms with Crippen molar-refractivity contribution >= 4 is 17.3 Å². The average molecular weight is 252 g/mol. The molecule has 16 heavy (non-hydrogen) atoms. The summed E-state index contributed by atoms with van der Waals surface area (Å²) in [7, 11) is 0. The molecule has 0 bridgehead atoms. The molecule has 1 aliphatic rings. The summed E-state index contributed by atoms with van der Waals surface area (Å²) in [5.74, 6) is -3.95. The van der Waals surface area contributed by atoms with Crippen molar-refractivity contribution in [1.82, 2.24) is 0 Å². The molecule has 0 aromatic heterocycles. The molecule has 1 aromatic rings. The number of alkyl halides is 2. The van der Waals surface area contributed by atoms with Crippen LogP contribution >= 0.6 is 11.6 Å². The van der Waals surface area contributed by atoms with Gasteiger partial charge in [-0.2, -0.15) is 0 Å². The number of nitrogen functional groups attached to an aromatic ring is 1. The van der Waals surface area contributed by atoms with Crippen LogP contribution in [-0.4, -0.2) is 12.5 Å². The van der Waals surface area contributed by atoms with Crippen LogP contribution in [0.2, 0.25) is 5.02 Å². The standard InChI is InChI=1S/C10H9ClF3NO/c11-6-1-7(12)8(15)2-9(6)16-4-5-3-10(5,13)14/h1-2,5H,3-4,15H2. The third kappa shape index (κ3) is 2.19. The van der Waals surface area contributed by atoms with E-state index in [1.165, 1.54) is 6.07 Å². The van der Waals surface area contributed by atoms with Crippen molar-refractivity contribution in [2.24, 2.45) is 5.92 Å². The molecule has 0 spiro atoms. The Hall–Kier alpha value is -1.10. The van der Waals surface area contributed by atoms with Gasteiger partial charge in [-0.1, -0.05) is 11.6 Å². The van der Waals surface area contributed by atoms with Crippen LogP contribution in [0.25, 0.3) is 0 Å². The van der Waals surface area contributed by atoms with Gasteiger partial charge in [0.2, 0.25) is 0 Å². The van der Waals surface area contributed by atoms with E-state index in [9.17, 15) is 13.2 Å². The van der Waals surface area contributed by atoms with E-state index in [1.54, 1.807) is 0 Å². The van der Waals surface area contributed by atoms with Gasteiger partial charge in [0.25, 0.3) is 5.92 Å². The number of ether oxygens (including phenoxy) is 1. The molecular weight excluding hydrogens is 243 g/mol. The molecule has 1 aliphatic carbocycles. The lowest BCUT2D eigenvalue weighted by atomic mass is 10.3. The van der Waals surface area contributed by atoms with Gasteiger partial charge < -0.3 is 10.5 Å². The van der Waals surface area contributed by atoms with Gasteiger partial charge in [0.15, 0.2) is 0 Å². The Labute approximate surface area is 95.1 Å². The molecule has 6 heteroatoms. The molecule has 0 amide bonds. The first-order chi connectivity index (χ1) is 7.40. The van der Waals surface area contributed by atoms with Crippen LogP contribution in [0.3, 0.4) is 0 Å². The summed E-state index contributed by atoms with van der Waals surface area (Å²) in [6.45, 7) is -0.141. The monoisotopic (exact) mass is 251 g/mol. The van der Waals surface area contributed by atoms with Crippen LogP contribution in [0.15, 0.2) is 12.1 Å². The summed E-state index contributed by atoms with van der Waals surface area (Å²) >= 11 is 5.67. The van der Waals surface area contributed by atoms with E-state index >= 15 is 0 Å². The number of nitrogens with two attached hydrogens (primary N) is 1. The Bertz CT molecular complexity index is 425. The minimum atomic E-state index is -2.64. The maximum absolute atomic E-state index is 12.9. The van der Waals surface area contributed by atoms with E-state index in [1.807, 2.05) is 0 Å². The van der Waals surface area contributed by atoms with Crippen molar-refractivity contribution in [1.29, 1.82) is 0 Å². The van der Waals surface area contributed by atoms with Crippen molar-refractivity contribution in [3.63, 3.8) is 0 Å². The van der Waals surface area contributed by atoms with Crippen molar-refractivity contribution in [2.75, 3.05) is 12.3 Å². The molecular formula is C10H9ClF3NO. The second kappa shape index (κ2) is 3.73. The van der Waals surface area contributed by atoms with Crippen LogP contribution in [0.1, 0.15) is 6.42 Å². The average Bonchev–Trinajstić information content (AvgIpc) is 2.78. The van der Waals surface area contributed by atoms with Crippen molar-refractivity contribution < 1.29 is 17.9 Å². The fourth-order valence-electron chi connectivity index (χ4n) is 1.30. The summed E-state index contributed by atoms with van der Waals surface area (Å²) in [5, 5.41) is 0.0238. The van der Waals surface area contributed by atoms with E-state index in [-0.39, 0.29) is 29.5 Å². The fraction of sp³-hybridized carbons (Fsp3) is 0.400. The topological polar surface area (TPSA) is 35.2 Å². The summed E-state index contributed by atoms with van der Waals surface area (Å²) < 4.78 is 43.1. The number of benzene rings is 1. The molecule has 1 atom stereocenters. The van der Waals surface area contributed by atoms with Gasteiger partial charge in [-0.25, -0.2) is 13.2 Å². The van der Waals surface area contributed by atoms with E-state index in [2.05, 4.69) is 0 Å². The quantitative estimate of drug-likeness (QED) is 0.838. The molecule has 0 heterocycles. The predicted molar refractivity (Wildman–Crippen MR) is 54.4 cm³/mol. The maximum Gasteiger partial charge on any atom is 0.255 e. The molecule has 1 saturated carbocycles. The molecule has 2 N–H and O–H groups in total. The van der Waals surface area contributed by atoms with E-state index in [4.69, 9.17) is 22.1 Å². The van der Waals surface area contributed by atoms with Gasteiger partial charge in [0.05, 0.1) is 23.2 Å². The molecule has 2 rings (SSSR count). The fourth-order valence-corrected chi connectivity index (χ4v) is 1.50. The van der Waals surface area contributed by atoms with Crippen LogP contribution in [0, 0.1) is 11.7 Å². The first-order valence-corrected chi connectivity index (χ1v) is 5.03. The molecule has 2 nitrogen and oxygen atoms in total. The Morgan fingerprint density at radius 3 is 2.69 bits per heavy atom. The van der Waals surface area contributed by atoms with E-state index < -0.39 is 17.7 Å². The highest BCUT2D eigenvalue weighted by Crippen LogP contribution is 2.48. The Balaban J connectivity index is 2.02. The first-order valence-electron chi connectivity index (χ1n) is 4.65. The number of halogens is 4. The van der Waals surface area contributed by atoms with Crippen molar-refractivity contribution in [2.45, 2.75) is 12.3 Å². The molecule has 1 fully saturated rings. The van der Waals surface area contributed by atoms with E-state index in [0.717, 1.165) is 6.07 Å². The lowest BCUT2D eigenvalue weighted by molar-refractivity contribution is 0.0856. The SMILES string of the molecule is Nc1cc(OCC2CC2(F)F)c(Cl)cc1F. The highest BCUT2D eigenvalue weighted by atomic mass is 35.5. The maximum atomic E-state index is 12.9. The van der Waals surface area contributed by atoms with Crippen LogP contribution in [0.4, 0.5) is 18.9 Å². The van der Waals surface area contributed by atoms with E-state index in [0.29, 0.717) is 0 Å². The van der Waals surface area contributed by atoms with Crippen molar-refractivity contribution in [3.8, 4) is 5.75 Å².